The Kier molecular flexibility index (Phi) is 2.24. The molecule has 0 saturated heterocycles. The van der Waals surface area contributed by atoms with Gasteiger partial charge in [0.05, 0.1) is 5.56 Å². The zero-order valence-electron chi connectivity index (χ0n) is 9.44. The van der Waals surface area contributed by atoms with Gasteiger partial charge in [0.1, 0.15) is 0 Å². The van der Waals surface area contributed by atoms with E-state index in [-0.39, 0.29) is 5.56 Å². The molecule has 3 rings (SSSR count). The van der Waals surface area contributed by atoms with Gasteiger partial charge in [-0.2, -0.15) is 0 Å². The van der Waals surface area contributed by atoms with Gasteiger partial charge in [-0.05, 0) is 31.0 Å². The van der Waals surface area contributed by atoms with Gasteiger partial charge in [0.2, 0.25) is 0 Å². The number of hydrogen-bond acceptors (Lipinski definition) is 3. The second kappa shape index (κ2) is 3.65. The number of hydrogen-bond donors (Lipinski definition) is 1. The number of rotatable bonds is 1. The average Bonchev–Trinajstić information content (AvgIpc) is 2.66. The molecule has 0 unspecified atom stereocenters. The summed E-state index contributed by atoms with van der Waals surface area (Å²) in [5.41, 5.74) is 0.236. The Balaban J connectivity index is 1.89. The summed E-state index contributed by atoms with van der Waals surface area (Å²) >= 11 is 0. The zero-order chi connectivity index (χ0) is 11.9. The molecule has 1 fully saturated rings. The molecule has 1 aliphatic heterocycles. The van der Waals surface area contributed by atoms with Crippen molar-refractivity contribution in [3.05, 3.63) is 23.8 Å². The fourth-order valence-electron chi connectivity index (χ4n) is 2.52. The Bertz CT molecular complexity index is 460. The highest BCUT2D eigenvalue weighted by atomic mass is 16.7. The molecular formula is C13H14O4. The quantitative estimate of drug-likeness (QED) is 0.811. The van der Waals surface area contributed by atoms with Gasteiger partial charge in [-0.25, -0.2) is 4.79 Å². The smallest absolute Gasteiger partial charge is 0.335 e. The fraction of sp³-hybridized carbons (Fsp3) is 0.462. The predicted octanol–water partition coefficient (Wildman–Crippen LogP) is 2.82. The van der Waals surface area contributed by atoms with Crippen molar-refractivity contribution in [2.45, 2.75) is 37.9 Å². The Morgan fingerprint density at radius 3 is 2.53 bits per heavy atom. The molecular weight excluding hydrogens is 220 g/mol. The van der Waals surface area contributed by atoms with Crippen molar-refractivity contribution in [2.24, 2.45) is 0 Å². The molecule has 1 aromatic rings. The molecule has 1 aliphatic carbocycles. The lowest BCUT2D eigenvalue weighted by Gasteiger charge is -2.31. The summed E-state index contributed by atoms with van der Waals surface area (Å²) in [4.78, 5) is 10.9. The van der Waals surface area contributed by atoms with Crippen LogP contribution in [0.3, 0.4) is 0 Å². The minimum absolute atomic E-state index is 0.236. The third-order valence-electron chi connectivity index (χ3n) is 3.40. The molecule has 1 saturated carbocycles. The number of ether oxygens (including phenoxy) is 2. The van der Waals surface area contributed by atoms with Crippen LogP contribution in [0.5, 0.6) is 11.5 Å². The summed E-state index contributed by atoms with van der Waals surface area (Å²) < 4.78 is 11.7. The minimum atomic E-state index is -0.944. The van der Waals surface area contributed by atoms with E-state index in [4.69, 9.17) is 14.6 Å². The van der Waals surface area contributed by atoms with Gasteiger partial charge in [0.15, 0.2) is 11.5 Å². The number of benzene rings is 1. The molecule has 1 aromatic carbocycles. The van der Waals surface area contributed by atoms with Crippen molar-refractivity contribution in [1.82, 2.24) is 0 Å². The van der Waals surface area contributed by atoms with Crippen LogP contribution in [0, 0.1) is 0 Å². The minimum Gasteiger partial charge on any atom is -0.478 e. The van der Waals surface area contributed by atoms with Crippen molar-refractivity contribution in [1.29, 1.82) is 0 Å². The summed E-state index contributed by atoms with van der Waals surface area (Å²) in [6, 6.07) is 4.77. The number of carboxylic acids is 1. The van der Waals surface area contributed by atoms with Gasteiger partial charge in [0, 0.05) is 12.8 Å². The van der Waals surface area contributed by atoms with Crippen molar-refractivity contribution in [3.63, 3.8) is 0 Å². The Labute approximate surface area is 99.2 Å². The van der Waals surface area contributed by atoms with Crippen molar-refractivity contribution in [2.75, 3.05) is 0 Å². The number of aromatic carboxylic acids is 1. The molecule has 4 heteroatoms. The summed E-state index contributed by atoms with van der Waals surface area (Å²) in [6.45, 7) is 0. The standard InChI is InChI=1S/C13H14O4/c14-12(15)9-4-5-10-11(8-9)17-13(16-10)6-2-1-3-7-13/h4-5,8H,1-3,6-7H2,(H,14,15). The third kappa shape index (κ3) is 1.73. The van der Waals surface area contributed by atoms with Crippen LogP contribution < -0.4 is 9.47 Å². The average molecular weight is 234 g/mol. The lowest BCUT2D eigenvalue weighted by Crippen LogP contribution is -2.40. The molecule has 0 radical (unpaired) electrons. The molecule has 0 atom stereocenters. The molecule has 1 spiro atoms. The lowest BCUT2D eigenvalue weighted by molar-refractivity contribution is -0.105. The predicted molar refractivity (Wildman–Crippen MR) is 60.5 cm³/mol. The molecule has 90 valence electrons. The maximum absolute atomic E-state index is 10.9. The summed E-state index contributed by atoms with van der Waals surface area (Å²) in [7, 11) is 0. The van der Waals surface area contributed by atoms with E-state index in [9.17, 15) is 4.79 Å². The van der Waals surface area contributed by atoms with Crippen LogP contribution in [-0.2, 0) is 0 Å². The molecule has 0 amide bonds. The van der Waals surface area contributed by atoms with Crippen LogP contribution >= 0.6 is 0 Å². The number of carboxylic acid groups (broad SMARTS) is 1. The van der Waals surface area contributed by atoms with Crippen molar-refractivity contribution >= 4 is 5.97 Å². The van der Waals surface area contributed by atoms with Crippen LogP contribution in [0.2, 0.25) is 0 Å². The Morgan fingerprint density at radius 1 is 1.12 bits per heavy atom. The first-order chi connectivity index (χ1) is 8.19. The highest BCUT2D eigenvalue weighted by Gasteiger charge is 2.42. The van der Waals surface area contributed by atoms with Gasteiger partial charge in [-0.1, -0.05) is 6.42 Å². The maximum atomic E-state index is 10.9. The summed E-state index contributed by atoms with van der Waals surface area (Å²) in [5, 5.41) is 8.92. The van der Waals surface area contributed by atoms with E-state index in [1.165, 1.54) is 6.42 Å². The van der Waals surface area contributed by atoms with Crippen LogP contribution in [0.4, 0.5) is 0 Å². The maximum Gasteiger partial charge on any atom is 0.335 e. The highest BCUT2D eigenvalue weighted by molar-refractivity contribution is 5.88. The van der Waals surface area contributed by atoms with E-state index in [1.807, 2.05) is 0 Å². The third-order valence-corrected chi connectivity index (χ3v) is 3.40. The van der Waals surface area contributed by atoms with Crippen LogP contribution in [0.25, 0.3) is 0 Å². The zero-order valence-corrected chi connectivity index (χ0v) is 9.44. The van der Waals surface area contributed by atoms with Gasteiger partial charge < -0.3 is 14.6 Å². The monoisotopic (exact) mass is 234 g/mol. The lowest BCUT2D eigenvalue weighted by atomic mass is 9.94. The fourth-order valence-corrected chi connectivity index (χ4v) is 2.52. The van der Waals surface area contributed by atoms with Gasteiger partial charge in [-0.3, -0.25) is 0 Å². The number of carbonyl (C=O) groups is 1. The molecule has 0 aromatic heterocycles. The molecule has 2 aliphatic rings. The van der Waals surface area contributed by atoms with Crippen molar-refractivity contribution in [3.8, 4) is 11.5 Å². The van der Waals surface area contributed by atoms with E-state index >= 15 is 0 Å². The molecule has 1 heterocycles. The van der Waals surface area contributed by atoms with Gasteiger partial charge in [0.25, 0.3) is 5.79 Å². The summed E-state index contributed by atoms with van der Waals surface area (Å²) in [5.74, 6) is -0.248. The second-order valence-corrected chi connectivity index (χ2v) is 4.64. The molecule has 4 nitrogen and oxygen atoms in total. The highest BCUT2D eigenvalue weighted by Crippen LogP contribution is 2.45. The largest absolute Gasteiger partial charge is 0.478 e. The normalized spacial score (nSPS) is 20.5. The Hall–Kier alpha value is -1.71. The van der Waals surface area contributed by atoms with Crippen LogP contribution in [0.1, 0.15) is 42.5 Å². The van der Waals surface area contributed by atoms with E-state index in [0.29, 0.717) is 11.5 Å². The van der Waals surface area contributed by atoms with Crippen molar-refractivity contribution < 1.29 is 19.4 Å². The number of fused-ring (bicyclic) bond motifs is 1. The SMILES string of the molecule is O=C(O)c1ccc2c(c1)OC1(CCCCC1)O2. The van der Waals surface area contributed by atoms with E-state index < -0.39 is 11.8 Å². The van der Waals surface area contributed by atoms with E-state index in [0.717, 1.165) is 25.7 Å². The van der Waals surface area contributed by atoms with Crippen LogP contribution in [-0.4, -0.2) is 16.9 Å². The second-order valence-electron chi connectivity index (χ2n) is 4.64. The van der Waals surface area contributed by atoms with Gasteiger partial charge >= 0.3 is 5.97 Å². The van der Waals surface area contributed by atoms with E-state index in [2.05, 4.69) is 0 Å². The molecule has 17 heavy (non-hydrogen) atoms. The summed E-state index contributed by atoms with van der Waals surface area (Å²) in [6.07, 6.45) is 5.17. The first-order valence-corrected chi connectivity index (χ1v) is 5.94. The topological polar surface area (TPSA) is 55.8 Å². The Morgan fingerprint density at radius 2 is 1.82 bits per heavy atom. The first-order valence-electron chi connectivity index (χ1n) is 5.94. The van der Waals surface area contributed by atoms with E-state index in [1.54, 1.807) is 18.2 Å². The van der Waals surface area contributed by atoms with Gasteiger partial charge in [-0.15, -0.1) is 0 Å². The molecule has 1 N–H and O–H groups in total. The molecule has 0 bridgehead atoms. The first kappa shape index (κ1) is 10.4. The van der Waals surface area contributed by atoms with Crippen LogP contribution in [0.15, 0.2) is 18.2 Å².